The third-order valence-corrected chi connectivity index (χ3v) is 7.71. The minimum atomic E-state index is -3.68. The lowest BCUT2D eigenvalue weighted by atomic mass is 10.1. The van der Waals surface area contributed by atoms with Crippen molar-refractivity contribution in [3.8, 4) is 0 Å². The molecule has 1 aliphatic heterocycles. The van der Waals surface area contributed by atoms with Gasteiger partial charge in [0.05, 0.1) is 33.8 Å². The van der Waals surface area contributed by atoms with Gasteiger partial charge in [0.2, 0.25) is 9.84 Å². The average Bonchev–Trinajstić information content (AvgIpc) is 3.36. The predicted molar refractivity (Wildman–Crippen MR) is 127 cm³/mol. The Morgan fingerprint density at radius 3 is 2.44 bits per heavy atom. The number of rotatable bonds is 6. The molecule has 0 unspecified atom stereocenters. The van der Waals surface area contributed by atoms with Crippen LogP contribution in [0.25, 0.3) is 11.0 Å². The van der Waals surface area contributed by atoms with Gasteiger partial charge in [-0.2, -0.15) is 5.10 Å². The molecule has 0 atom stereocenters. The Hall–Kier alpha value is -3.79. The van der Waals surface area contributed by atoms with Gasteiger partial charge in [-0.3, -0.25) is 14.9 Å². The summed E-state index contributed by atoms with van der Waals surface area (Å²) in [5.41, 5.74) is 2.60. The fourth-order valence-corrected chi connectivity index (χ4v) is 5.24. The van der Waals surface area contributed by atoms with Crippen LogP contribution in [-0.4, -0.2) is 47.6 Å². The number of hydrogen-bond donors (Lipinski definition) is 2. The first-order valence-corrected chi connectivity index (χ1v) is 12.6. The molecule has 10 heteroatoms. The molecule has 9 nitrogen and oxygen atoms in total. The van der Waals surface area contributed by atoms with E-state index in [1.165, 1.54) is 24.9 Å². The third-order valence-electron chi connectivity index (χ3n) is 5.96. The van der Waals surface area contributed by atoms with Crippen molar-refractivity contribution in [2.24, 2.45) is 0 Å². The van der Waals surface area contributed by atoms with Crippen LogP contribution in [0.5, 0.6) is 0 Å². The van der Waals surface area contributed by atoms with Crippen molar-refractivity contribution < 1.29 is 13.2 Å². The van der Waals surface area contributed by atoms with Gasteiger partial charge in [0.25, 0.3) is 5.91 Å². The van der Waals surface area contributed by atoms with Crippen LogP contribution in [0.2, 0.25) is 0 Å². The van der Waals surface area contributed by atoms with Crippen molar-refractivity contribution in [2.75, 3.05) is 18.0 Å². The number of nitrogens with one attached hydrogen (secondary N) is 2. The lowest BCUT2D eigenvalue weighted by Gasteiger charge is -2.28. The number of carbonyl (C=O) groups excluding carboxylic acids is 1. The first-order valence-electron chi connectivity index (χ1n) is 11.1. The highest BCUT2D eigenvalue weighted by molar-refractivity contribution is 7.91. The van der Waals surface area contributed by atoms with Gasteiger partial charge < -0.3 is 10.2 Å². The van der Waals surface area contributed by atoms with Gasteiger partial charge in [-0.1, -0.05) is 0 Å². The molecule has 1 saturated heterocycles. The fourth-order valence-electron chi connectivity index (χ4n) is 4.03. The lowest BCUT2D eigenvalue weighted by Crippen LogP contribution is -2.29. The minimum absolute atomic E-state index is 0.114. The quantitative estimate of drug-likeness (QED) is 0.439. The molecule has 1 aromatic carbocycles. The summed E-state index contributed by atoms with van der Waals surface area (Å²) < 4.78 is 26.1. The van der Waals surface area contributed by atoms with Crippen molar-refractivity contribution in [3.05, 3.63) is 72.3 Å². The molecule has 0 radical (unpaired) electrons. The minimum Gasteiger partial charge on any atom is -0.372 e. The number of sulfone groups is 1. The van der Waals surface area contributed by atoms with Crippen molar-refractivity contribution in [1.29, 1.82) is 0 Å². The Balaban J connectivity index is 1.24. The smallest absolute Gasteiger partial charge is 0.253 e. The Bertz CT molecular complexity index is 1410. The molecule has 5 rings (SSSR count). The maximum absolute atomic E-state index is 13.0. The summed E-state index contributed by atoms with van der Waals surface area (Å²) in [4.78, 5) is 23.5. The van der Waals surface area contributed by atoms with Crippen molar-refractivity contribution in [3.63, 3.8) is 0 Å². The summed E-state index contributed by atoms with van der Waals surface area (Å²) in [5, 5.41) is 10.1. The number of aromatic amines is 1. The van der Waals surface area contributed by atoms with Crippen molar-refractivity contribution in [1.82, 2.24) is 25.5 Å². The molecule has 4 aromatic rings. The average molecular weight is 477 g/mol. The number of H-pyrrole nitrogens is 1. The number of anilines is 1. The Kier molecular flexibility index (Phi) is 5.97. The van der Waals surface area contributed by atoms with E-state index >= 15 is 0 Å². The van der Waals surface area contributed by atoms with Gasteiger partial charge in [0.1, 0.15) is 0 Å². The monoisotopic (exact) mass is 476 g/mol. The number of carbonyl (C=O) groups is 1. The Morgan fingerprint density at radius 1 is 0.941 bits per heavy atom. The molecule has 2 N–H and O–H groups in total. The zero-order valence-electron chi connectivity index (χ0n) is 18.4. The van der Waals surface area contributed by atoms with Crippen LogP contribution in [-0.2, 0) is 16.4 Å². The van der Waals surface area contributed by atoms with Crippen LogP contribution in [0.3, 0.4) is 0 Å². The topological polar surface area (TPSA) is 121 Å². The van der Waals surface area contributed by atoms with Gasteiger partial charge in [0, 0.05) is 36.6 Å². The number of hydrogen-bond acceptors (Lipinski definition) is 7. The van der Waals surface area contributed by atoms with E-state index in [0.717, 1.165) is 37.0 Å². The maximum Gasteiger partial charge on any atom is 0.253 e. The summed E-state index contributed by atoms with van der Waals surface area (Å²) in [6.45, 7) is 2.16. The molecule has 0 aliphatic carbocycles. The second kappa shape index (κ2) is 9.22. The van der Waals surface area contributed by atoms with Crippen LogP contribution in [0.15, 0.2) is 70.8 Å². The molecule has 0 bridgehead atoms. The van der Waals surface area contributed by atoms with Crippen molar-refractivity contribution >= 4 is 32.5 Å². The SMILES string of the molecule is O=C(NCc1ccc(S(=O)(=O)c2ccc(N3CCCCC3)cc2)cn1)c1cnc2[nH]ncc2c1. The fraction of sp³-hybridized carbons (Fsp3) is 0.250. The van der Waals surface area contributed by atoms with Crippen LogP contribution in [0.4, 0.5) is 5.69 Å². The first kappa shape index (κ1) is 22.0. The third kappa shape index (κ3) is 4.49. The first-order chi connectivity index (χ1) is 16.5. The number of nitrogens with zero attached hydrogens (tertiary/aromatic N) is 4. The molecule has 1 aliphatic rings. The zero-order chi connectivity index (χ0) is 23.5. The standard InChI is InChI=1S/C24H24N6O3S/c31-24(18-12-17-14-28-29-23(17)26-13-18)27-15-19-4-7-22(16-25-19)34(32,33)21-8-5-20(6-9-21)30-10-2-1-3-11-30/h4-9,12-14,16H,1-3,10-11,15H2,(H,27,31)(H,26,28,29). The number of aromatic nitrogens is 4. The molecule has 0 spiro atoms. The maximum atomic E-state index is 13.0. The molecular formula is C24H24N6O3S. The summed E-state index contributed by atoms with van der Waals surface area (Å²) in [6, 6.07) is 11.8. The lowest BCUT2D eigenvalue weighted by molar-refractivity contribution is 0.0950. The van der Waals surface area contributed by atoms with E-state index in [1.54, 1.807) is 30.5 Å². The molecule has 174 valence electrons. The molecule has 3 aromatic heterocycles. The molecule has 4 heterocycles. The Labute approximate surface area is 197 Å². The normalized spacial score (nSPS) is 14.3. The second-order valence-corrected chi connectivity index (χ2v) is 10.2. The van der Waals surface area contributed by atoms with Gasteiger partial charge in [-0.25, -0.2) is 13.4 Å². The van der Waals surface area contributed by atoms with Crippen LogP contribution >= 0.6 is 0 Å². The zero-order valence-corrected chi connectivity index (χ0v) is 19.3. The molecule has 1 amide bonds. The van der Waals surface area contributed by atoms with E-state index in [2.05, 4.69) is 30.4 Å². The highest BCUT2D eigenvalue weighted by Gasteiger charge is 2.19. The highest BCUT2D eigenvalue weighted by atomic mass is 32.2. The number of piperidine rings is 1. The second-order valence-electron chi connectivity index (χ2n) is 8.24. The number of amides is 1. The van der Waals surface area contributed by atoms with E-state index in [1.807, 2.05) is 12.1 Å². The number of pyridine rings is 2. The number of fused-ring (bicyclic) bond motifs is 1. The summed E-state index contributed by atoms with van der Waals surface area (Å²) in [6.07, 6.45) is 7.96. The van der Waals surface area contributed by atoms with Gasteiger partial charge in [0.15, 0.2) is 5.65 Å². The molecule has 34 heavy (non-hydrogen) atoms. The van der Waals surface area contributed by atoms with E-state index in [-0.39, 0.29) is 22.2 Å². The van der Waals surface area contributed by atoms with Gasteiger partial charge in [-0.05, 0) is 61.7 Å². The molecule has 0 saturated carbocycles. The van der Waals surface area contributed by atoms with E-state index in [4.69, 9.17) is 0 Å². The van der Waals surface area contributed by atoms with Crippen molar-refractivity contribution in [2.45, 2.75) is 35.6 Å². The van der Waals surface area contributed by atoms with E-state index in [0.29, 0.717) is 16.9 Å². The largest absolute Gasteiger partial charge is 0.372 e. The predicted octanol–water partition coefficient (Wildman–Crippen LogP) is 3.11. The molecule has 1 fully saturated rings. The van der Waals surface area contributed by atoms with Crippen LogP contribution in [0.1, 0.15) is 35.3 Å². The van der Waals surface area contributed by atoms with Gasteiger partial charge in [-0.15, -0.1) is 0 Å². The summed E-state index contributed by atoms with van der Waals surface area (Å²) >= 11 is 0. The van der Waals surface area contributed by atoms with E-state index < -0.39 is 9.84 Å². The summed E-state index contributed by atoms with van der Waals surface area (Å²) in [7, 11) is -3.68. The van der Waals surface area contributed by atoms with Gasteiger partial charge >= 0.3 is 0 Å². The Morgan fingerprint density at radius 2 is 1.71 bits per heavy atom. The molecular weight excluding hydrogens is 452 g/mol. The highest BCUT2D eigenvalue weighted by Crippen LogP contribution is 2.25. The van der Waals surface area contributed by atoms with E-state index in [9.17, 15) is 13.2 Å². The van der Waals surface area contributed by atoms with Crippen LogP contribution < -0.4 is 10.2 Å². The summed E-state index contributed by atoms with van der Waals surface area (Å²) in [5.74, 6) is -0.303. The number of benzene rings is 1. The van der Waals surface area contributed by atoms with Crippen LogP contribution in [0, 0.1) is 0 Å².